The van der Waals surface area contributed by atoms with Gasteiger partial charge in [-0.25, -0.2) is 0 Å². The second kappa shape index (κ2) is 6.55. The fourth-order valence-corrected chi connectivity index (χ4v) is 2.32. The van der Waals surface area contributed by atoms with Gasteiger partial charge in [-0.3, -0.25) is 10.1 Å². The molecule has 1 aliphatic rings. The molecule has 1 fully saturated rings. The third-order valence-corrected chi connectivity index (χ3v) is 3.59. The van der Waals surface area contributed by atoms with Crippen LogP contribution in [0.1, 0.15) is 5.56 Å². The lowest BCUT2D eigenvalue weighted by Crippen LogP contribution is -2.40. The maximum absolute atomic E-state index is 10.7. The maximum Gasteiger partial charge on any atom is 0.269 e. The average Bonchev–Trinajstić information content (AvgIpc) is 2.76. The summed E-state index contributed by atoms with van der Waals surface area (Å²) in [5.41, 5.74) is 0.983. The summed E-state index contributed by atoms with van der Waals surface area (Å²) in [7, 11) is 0. The molecule has 1 aliphatic heterocycles. The van der Waals surface area contributed by atoms with Crippen LogP contribution in [0.5, 0.6) is 0 Å². The fraction of sp³-hybridized carbons (Fsp3) is 0.538. The van der Waals surface area contributed by atoms with Crippen molar-refractivity contribution < 1.29 is 30.1 Å². The number of hydrogen-bond acceptors (Lipinski definition) is 8. The first kappa shape index (κ1) is 16.6. The van der Waals surface area contributed by atoms with Crippen LogP contribution in [0, 0.1) is 17.0 Å². The number of non-ortho nitro benzene ring substituents is 1. The summed E-state index contributed by atoms with van der Waals surface area (Å²) in [6, 6.07) is 4.12. The minimum absolute atomic E-state index is 0.0652. The van der Waals surface area contributed by atoms with Crippen molar-refractivity contribution in [3.05, 3.63) is 33.9 Å². The molecule has 0 bridgehead atoms. The van der Waals surface area contributed by atoms with Crippen LogP contribution >= 0.6 is 0 Å². The largest absolute Gasteiger partial charge is 0.394 e. The van der Waals surface area contributed by atoms with Gasteiger partial charge in [0.15, 0.2) is 6.23 Å². The molecule has 1 aromatic rings. The van der Waals surface area contributed by atoms with E-state index in [9.17, 15) is 25.4 Å². The van der Waals surface area contributed by atoms with Crippen LogP contribution < -0.4 is 5.32 Å². The lowest BCUT2D eigenvalue weighted by Gasteiger charge is -2.20. The van der Waals surface area contributed by atoms with Crippen LogP contribution in [-0.4, -0.2) is 62.6 Å². The van der Waals surface area contributed by atoms with Gasteiger partial charge in [-0.05, 0) is 18.6 Å². The quantitative estimate of drug-likeness (QED) is 0.348. The number of nitro groups is 1. The van der Waals surface area contributed by atoms with Crippen molar-refractivity contribution in [1.29, 1.82) is 0 Å². The van der Waals surface area contributed by atoms with Gasteiger partial charge in [0.2, 0.25) is 0 Å². The Bertz CT molecular complexity index is 553. The molecule has 9 nitrogen and oxygen atoms in total. The molecule has 22 heavy (non-hydrogen) atoms. The number of benzene rings is 1. The highest BCUT2D eigenvalue weighted by atomic mass is 16.6. The smallest absolute Gasteiger partial charge is 0.269 e. The van der Waals surface area contributed by atoms with E-state index in [1.54, 1.807) is 6.92 Å². The van der Waals surface area contributed by atoms with E-state index in [-0.39, 0.29) is 5.69 Å². The van der Waals surface area contributed by atoms with E-state index in [0.717, 1.165) is 0 Å². The predicted octanol–water partition coefficient (Wildman–Crippen LogP) is -0.885. The molecule has 2 rings (SSSR count). The summed E-state index contributed by atoms with van der Waals surface area (Å²) >= 11 is 0. The third-order valence-electron chi connectivity index (χ3n) is 3.59. The summed E-state index contributed by atoms with van der Waals surface area (Å²) in [5.74, 6) is 0. The van der Waals surface area contributed by atoms with Gasteiger partial charge in [0, 0.05) is 17.8 Å². The van der Waals surface area contributed by atoms with E-state index >= 15 is 0 Å². The summed E-state index contributed by atoms with van der Waals surface area (Å²) in [6.07, 6.45) is -6.15. The van der Waals surface area contributed by atoms with E-state index in [0.29, 0.717) is 11.3 Å². The minimum Gasteiger partial charge on any atom is -0.394 e. The molecule has 0 spiro atoms. The number of aliphatic hydroxyl groups is 4. The summed E-state index contributed by atoms with van der Waals surface area (Å²) in [6.45, 7) is 1.03. The number of anilines is 1. The van der Waals surface area contributed by atoms with Crippen LogP contribution in [-0.2, 0) is 4.74 Å². The van der Waals surface area contributed by atoms with Crippen molar-refractivity contribution in [3.8, 4) is 0 Å². The van der Waals surface area contributed by atoms with Gasteiger partial charge < -0.3 is 30.5 Å². The normalized spacial score (nSPS) is 29.3. The van der Waals surface area contributed by atoms with E-state index < -0.39 is 42.2 Å². The van der Waals surface area contributed by atoms with Gasteiger partial charge in [-0.2, -0.15) is 0 Å². The Kier molecular flexibility index (Phi) is 4.94. The Labute approximate surface area is 125 Å². The second-order valence-corrected chi connectivity index (χ2v) is 5.15. The molecule has 122 valence electrons. The molecule has 0 saturated carbocycles. The van der Waals surface area contributed by atoms with Crippen molar-refractivity contribution in [3.63, 3.8) is 0 Å². The van der Waals surface area contributed by atoms with E-state index in [1.807, 2.05) is 0 Å². The fourth-order valence-electron chi connectivity index (χ4n) is 2.32. The monoisotopic (exact) mass is 314 g/mol. The highest BCUT2D eigenvalue weighted by Gasteiger charge is 2.45. The number of aryl methyl sites for hydroxylation is 1. The van der Waals surface area contributed by atoms with Crippen molar-refractivity contribution in [2.75, 3.05) is 11.9 Å². The molecule has 0 radical (unpaired) electrons. The Morgan fingerprint density at radius 2 is 2.09 bits per heavy atom. The van der Waals surface area contributed by atoms with E-state index in [2.05, 4.69) is 5.32 Å². The van der Waals surface area contributed by atoms with Crippen molar-refractivity contribution in [2.45, 2.75) is 37.6 Å². The van der Waals surface area contributed by atoms with E-state index in [4.69, 9.17) is 9.84 Å². The summed E-state index contributed by atoms with van der Waals surface area (Å²) in [4.78, 5) is 10.2. The van der Waals surface area contributed by atoms with Gasteiger partial charge in [0.05, 0.1) is 11.5 Å². The van der Waals surface area contributed by atoms with Gasteiger partial charge in [-0.15, -0.1) is 0 Å². The molecule has 0 aliphatic carbocycles. The molecule has 1 aromatic carbocycles. The summed E-state index contributed by atoms with van der Waals surface area (Å²) in [5, 5.41) is 51.7. The lowest BCUT2D eigenvalue weighted by molar-refractivity contribution is -0.384. The minimum atomic E-state index is -1.36. The zero-order chi connectivity index (χ0) is 16.4. The number of ether oxygens (including phenoxy) is 1. The Hall–Kier alpha value is -1.78. The second-order valence-electron chi connectivity index (χ2n) is 5.15. The highest BCUT2D eigenvalue weighted by Crippen LogP contribution is 2.28. The predicted molar refractivity (Wildman–Crippen MR) is 75.2 cm³/mol. The molecule has 0 aromatic heterocycles. The molecule has 0 unspecified atom stereocenters. The standard InChI is InChI=1S/C13H18N2O7/c1-6-4-7(15(20)21)2-3-8(6)14-13-11(19)10(18)12(22-13)9(17)5-16/h2-4,9-14,16-19H,5H2,1H3/t9-,10+,11-,12-,13-/m1/s1. The van der Waals surface area contributed by atoms with Crippen LogP contribution in [0.15, 0.2) is 18.2 Å². The molecular weight excluding hydrogens is 296 g/mol. The zero-order valence-corrected chi connectivity index (χ0v) is 11.8. The van der Waals surface area contributed by atoms with Gasteiger partial charge in [0.1, 0.15) is 24.4 Å². The van der Waals surface area contributed by atoms with Crippen LogP contribution in [0.3, 0.4) is 0 Å². The van der Waals surface area contributed by atoms with Gasteiger partial charge in [0.25, 0.3) is 5.69 Å². The maximum atomic E-state index is 10.7. The number of nitro benzene ring substituents is 1. The van der Waals surface area contributed by atoms with Crippen LogP contribution in [0.2, 0.25) is 0 Å². The molecule has 5 N–H and O–H groups in total. The number of nitrogens with one attached hydrogen (secondary N) is 1. The first-order valence-corrected chi connectivity index (χ1v) is 6.67. The Balaban J connectivity index is 2.12. The van der Waals surface area contributed by atoms with Gasteiger partial charge in [-0.1, -0.05) is 0 Å². The molecule has 5 atom stereocenters. The summed E-state index contributed by atoms with van der Waals surface area (Å²) < 4.78 is 5.32. The number of nitrogens with zero attached hydrogens (tertiary/aromatic N) is 1. The third kappa shape index (κ3) is 3.18. The number of hydrogen-bond donors (Lipinski definition) is 5. The molecule has 1 saturated heterocycles. The van der Waals surface area contributed by atoms with Crippen LogP contribution in [0.25, 0.3) is 0 Å². The Morgan fingerprint density at radius 1 is 1.41 bits per heavy atom. The molecule has 9 heteroatoms. The molecular formula is C13H18N2O7. The van der Waals surface area contributed by atoms with E-state index in [1.165, 1.54) is 18.2 Å². The molecule has 0 amide bonds. The first-order valence-electron chi connectivity index (χ1n) is 6.67. The number of aliphatic hydroxyl groups excluding tert-OH is 4. The van der Waals surface area contributed by atoms with Gasteiger partial charge >= 0.3 is 0 Å². The lowest BCUT2D eigenvalue weighted by atomic mass is 10.1. The van der Waals surface area contributed by atoms with Crippen molar-refractivity contribution in [1.82, 2.24) is 0 Å². The Morgan fingerprint density at radius 3 is 2.64 bits per heavy atom. The van der Waals surface area contributed by atoms with Crippen LogP contribution in [0.4, 0.5) is 11.4 Å². The van der Waals surface area contributed by atoms with Crippen molar-refractivity contribution in [2.24, 2.45) is 0 Å². The highest BCUT2D eigenvalue weighted by molar-refractivity contribution is 5.55. The van der Waals surface area contributed by atoms with Crippen molar-refractivity contribution >= 4 is 11.4 Å². The topological polar surface area (TPSA) is 145 Å². The SMILES string of the molecule is Cc1cc([N+](=O)[O-])ccc1N[C@@H]1O[C@H]([C@H](O)CO)[C@@H](O)[C@H]1O. The zero-order valence-electron chi connectivity index (χ0n) is 11.8. The first-order chi connectivity index (χ1) is 10.3. The number of rotatable bonds is 5. The molecule has 1 heterocycles. The average molecular weight is 314 g/mol.